The van der Waals surface area contributed by atoms with Gasteiger partial charge in [-0.3, -0.25) is 0 Å². The van der Waals surface area contributed by atoms with Gasteiger partial charge >= 0.3 is 0 Å². The second-order valence-corrected chi connectivity index (χ2v) is 8.72. The molecule has 0 aliphatic rings. The number of hydrogen-bond acceptors (Lipinski definition) is 6. The highest BCUT2D eigenvalue weighted by Gasteiger charge is 2.07. The Morgan fingerprint density at radius 2 is 1.12 bits per heavy atom. The van der Waals surface area contributed by atoms with Gasteiger partial charge < -0.3 is 8.83 Å². The van der Waals surface area contributed by atoms with Crippen LogP contribution < -0.4 is 5.01 Å². The predicted molar refractivity (Wildman–Crippen MR) is 166 cm³/mol. The highest BCUT2D eigenvalue weighted by molar-refractivity contribution is 6.12. The molecule has 200 valence electrons. The summed E-state index contributed by atoms with van der Waals surface area (Å²) in [6, 6.07) is 45.6. The van der Waals surface area contributed by atoms with Gasteiger partial charge in [-0.05, 0) is 42.5 Å². The van der Waals surface area contributed by atoms with E-state index in [1.54, 1.807) is 31.2 Å². The summed E-state index contributed by atoms with van der Waals surface area (Å²) in [6.45, 7) is 0. The van der Waals surface area contributed by atoms with Crippen LogP contribution in [0.5, 0.6) is 0 Å². The van der Waals surface area contributed by atoms with Crippen LogP contribution in [0, 0.1) is 0 Å². The first-order valence-corrected chi connectivity index (χ1v) is 13.1. The number of rotatable bonds is 8. The maximum atomic E-state index is 5.21. The van der Waals surface area contributed by atoms with Crippen LogP contribution in [0.25, 0.3) is 0 Å². The largest absolute Gasteiger partial charge is 0.472 e. The van der Waals surface area contributed by atoms with Crippen molar-refractivity contribution in [2.75, 3.05) is 5.01 Å². The Kier molecular flexibility index (Phi) is 9.44. The molecule has 0 saturated carbocycles. The molecule has 0 amide bonds. The summed E-state index contributed by atoms with van der Waals surface area (Å²) in [5.41, 5.74) is 5.85. The molecule has 0 aliphatic carbocycles. The topological polar surface area (TPSA) is 66.6 Å². The van der Waals surface area contributed by atoms with Gasteiger partial charge in [0.2, 0.25) is 0 Å². The number of para-hydroxylation sites is 2. The lowest BCUT2D eigenvalue weighted by Crippen LogP contribution is -2.08. The summed E-state index contributed by atoms with van der Waals surface area (Å²) in [5.74, 6) is 0.680. The van der Waals surface area contributed by atoms with Crippen molar-refractivity contribution >= 4 is 29.5 Å². The third-order valence-corrected chi connectivity index (χ3v) is 5.85. The average Bonchev–Trinajstić information content (AvgIpc) is 3.77. The highest BCUT2D eigenvalue weighted by Crippen LogP contribution is 2.25. The molecule has 0 bridgehead atoms. The van der Waals surface area contributed by atoms with E-state index in [0.717, 1.165) is 33.8 Å². The quantitative estimate of drug-likeness (QED) is 0.144. The van der Waals surface area contributed by atoms with Gasteiger partial charge in [-0.1, -0.05) is 97.1 Å². The van der Waals surface area contributed by atoms with Crippen molar-refractivity contribution < 1.29 is 8.83 Å². The molecule has 0 atom stereocenters. The van der Waals surface area contributed by atoms with Crippen molar-refractivity contribution in [3.63, 3.8) is 0 Å². The lowest BCUT2D eigenvalue weighted by atomic mass is 10.0. The lowest BCUT2D eigenvalue weighted by Gasteiger charge is -2.18. The third-order valence-electron chi connectivity index (χ3n) is 5.85. The number of anilines is 2. The molecule has 2 heterocycles. The van der Waals surface area contributed by atoms with Gasteiger partial charge in [0.25, 0.3) is 0 Å². The maximum absolute atomic E-state index is 5.21. The van der Waals surface area contributed by atoms with Gasteiger partial charge in [-0.15, -0.1) is 5.10 Å². The van der Waals surface area contributed by atoms with Gasteiger partial charge in [-0.25, -0.2) is 5.01 Å². The summed E-state index contributed by atoms with van der Waals surface area (Å²) in [7, 11) is 0. The Bertz CT molecular complexity index is 1570. The Hall–Kier alpha value is -5.75. The van der Waals surface area contributed by atoms with Gasteiger partial charge in [-0.2, -0.15) is 10.2 Å². The fraction of sp³-hybridized carbons (Fsp3) is 0. The molecule has 6 nitrogen and oxygen atoms in total. The van der Waals surface area contributed by atoms with Crippen LogP contribution >= 0.6 is 0 Å². The van der Waals surface area contributed by atoms with E-state index >= 15 is 0 Å². The third kappa shape index (κ3) is 7.88. The van der Waals surface area contributed by atoms with E-state index in [1.165, 1.54) is 0 Å². The average molecular weight is 537 g/mol. The molecule has 0 radical (unpaired) electrons. The van der Waals surface area contributed by atoms with Crippen LogP contribution in [0.1, 0.15) is 22.5 Å². The molecule has 0 aliphatic heterocycles. The van der Waals surface area contributed by atoms with Crippen LogP contribution in [-0.2, 0) is 0 Å². The van der Waals surface area contributed by atoms with Crippen LogP contribution in [-0.4, -0.2) is 18.1 Å². The number of furan rings is 2. The number of hydrazone groups is 1. The summed E-state index contributed by atoms with van der Waals surface area (Å²) in [4.78, 5) is 0. The first kappa shape index (κ1) is 26.8. The molecule has 2 aromatic heterocycles. The summed E-state index contributed by atoms with van der Waals surface area (Å²) < 4.78 is 10.3. The zero-order valence-electron chi connectivity index (χ0n) is 22.3. The maximum Gasteiger partial charge on any atom is 0.146 e. The van der Waals surface area contributed by atoms with Crippen molar-refractivity contribution in [2.24, 2.45) is 15.3 Å². The van der Waals surface area contributed by atoms with E-state index in [4.69, 9.17) is 8.83 Å². The molecule has 41 heavy (non-hydrogen) atoms. The summed E-state index contributed by atoms with van der Waals surface area (Å²) in [5, 5.41) is 15.0. The molecule has 6 rings (SSSR count). The molecular formula is C35H28N4O2. The zero-order valence-corrected chi connectivity index (χ0v) is 22.3. The Balaban J connectivity index is 0.000000165. The first-order chi connectivity index (χ1) is 20.4. The van der Waals surface area contributed by atoms with Crippen molar-refractivity contribution in [2.45, 2.75) is 0 Å². The smallest absolute Gasteiger partial charge is 0.146 e. The van der Waals surface area contributed by atoms with Gasteiger partial charge in [0, 0.05) is 16.7 Å². The van der Waals surface area contributed by atoms with Crippen LogP contribution in [0.4, 0.5) is 11.4 Å². The monoisotopic (exact) mass is 536 g/mol. The van der Waals surface area contributed by atoms with E-state index < -0.39 is 0 Å². The molecule has 0 unspecified atom stereocenters. The van der Waals surface area contributed by atoms with Gasteiger partial charge in [0.05, 0.1) is 42.6 Å². The summed E-state index contributed by atoms with van der Waals surface area (Å²) in [6.07, 6.45) is 8.30. The summed E-state index contributed by atoms with van der Waals surface area (Å²) >= 11 is 0. The number of benzene rings is 4. The van der Waals surface area contributed by atoms with E-state index in [0.29, 0.717) is 5.76 Å². The second kappa shape index (κ2) is 14.4. The zero-order chi connectivity index (χ0) is 28.0. The van der Waals surface area contributed by atoms with E-state index in [-0.39, 0.29) is 0 Å². The minimum atomic E-state index is 0.680. The van der Waals surface area contributed by atoms with Crippen molar-refractivity contribution in [1.82, 2.24) is 0 Å². The van der Waals surface area contributed by atoms with Crippen LogP contribution in [0.2, 0.25) is 0 Å². The Labute approximate surface area is 239 Å². The molecule has 6 aromatic rings. The van der Waals surface area contributed by atoms with Crippen molar-refractivity contribution in [3.05, 3.63) is 181 Å². The Morgan fingerprint density at radius 3 is 1.61 bits per heavy atom. The van der Waals surface area contributed by atoms with Crippen molar-refractivity contribution in [1.29, 1.82) is 0 Å². The SMILES string of the molecule is C(=NN(c1ccccc1)c1ccccc1)c1ccoc1.C(=NN=C(c1ccccc1)c1ccccc1)c1ccco1. The first-order valence-electron chi connectivity index (χ1n) is 13.1. The number of nitrogens with zero attached hydrogens (tertiary/aromatic N) is 4. The van der Waals surface area contributed by atoms with E-state index in [2.05, 4.69) is 15.3 Å². The molecule has 0 spiro atoms. The highest BCUT2D eigenvalue weighted by atomic mass is 16.3. The fourth-order valence-corrected chi connectivity index (χ4v) is 3.88. The number of hydrogen-bond donors (Lipinski definition) is 0. The predicted octanol–water partition coefficient (Wildman–Crippen LogP) is 8.60. The van der Waals surface area contributed by atoms with Gasteiger partial charge in [0.1, 0.15) is 11.5 Å². The van der Waals surface area contributed by atoms with Crippen LogP contribution in [0.15, 0.2) is 182 Å². The van der Waals surface area contributed by atoms with E-state index in [9.17, 15) is 0 Å². The Morgan fingerprint density at radius 1 is 0.561 bits per heavy atom. The standard InChI is InChI=1S/C18H14N2O.C17H14N2O/c1-3-8-15(9-4-1)18(16-10-5-2-6-11-16)20-19-14-17-12-7-13-21-17;1-3-7-16(8-4-1)19(17-9-5-2-6-10-17)18-13-15-11-12-20-14-15/h1-14H;1-14H. The minimum Gasteiger partial charge on any atom is -0.472 e. The fourth-order valence-electron chi connectivity index (χ4n) is 3.88. The van der Waals surface area contributed by atoms with E-state index in [1.807, 2.05) is 145 Å². The molecule has 6 heteroatoms. The minimum absolute atomic E-state index is 0.680. The van der Waals surface area contributed by atoms with Crippen molar-refractivity contribution in [3.8, 4) is 0 Å². The lowest BCUT2D eigenvalue weighted by molar-refractivity contribution is 0.560. The second-order valence-electron chi connectivity index (χ2n) is 8.72. The molecule has 4 aromatic carbocycles. The molecule has 0 N–H and O–H groups in total. The molecule has 0 saturated heterocycles. The normalized spacial score (nSPS) is 10.7. The van der Waals surface area contributed by atoms with Gasteiger partial charge in [0.15, 0.2) is 0 Å². The molecule has 0 fully saturated rings. The molecular weight excluding hydrogens is 508 g/mol. The van der Waals surface area contributed by atoms with Crippen LogP contribution in [0.3, 0.4) is 0 Å².